The maximum absolute atomic E-state index is 5.93. The quantitative estimate of drug-likeness (QED) is 0.756. The van der Waals surface area contributed by atoms with E-state index in [1.165, 1.54) is 0 Å². The molecule has 0 radical (unpaired) electrons. The molecule has 1 heterocycles. The zero-order chi connectivity index (χ0) is 10.6. The minimum absolute atomic E-state index is 0.0803. The van der Waals surface area contributed by atoms with E-state index in [0.29, 0.717) is 0 Å². The molecular weight excluding hydrogens is 178 g/mol. The van der Waals surface area contributed by atoms with Crippen LogP contribution in [0.4, 0.5) is 0 Å². The van der Waals surface area contributed by atoms with Crippen molar-refractivity contribution in [2.24, 2.45) is 12.8 Å². The van der Waals surface area contributed by atoms with Crippen LogP contribution >= 0.6 is 0 Å². The third-order valence-electron chi connectivity index (χ3n) is 2.60. The van der Waals surface area contributed by atoms with Gasteiger partial charge in [-0.3, -0.25) is 0 Å². The van der Waals surface area contributed by atoms with Gasteiger partial charge in [0.15, 0.2) is 0 Å². The van der Waals surface area contributed by atoms with Crippen LogP contribution in [0.2, 0.25) is 0 Å². The number of hydrogen-bond acceptors (Lipinski definition) is 3. The first-order valence-electron chi connectivity index (χ1n) is 4.89. The number of methoxy groups -OCH3 is 1. The van der Waals surface area contributed by atoms with Crippen molar-refractivity contribution >= 4 is 0 Å². The van der Waals surface area contributed by atoms with Crippen LogP contribution in [0.1, 0.15) is 19.2 Å². The minimum Gasteiger partial charge on any atom is -0.380 e. The van der Waals surface area contributed by atoms with Crippen LogP contribution in [0.3, 0.4) is 0 Å². The summed E-state index contributed by atoms with van der Waals surface area (Å²) in [6.45, 7) is 1.99. The summed E-state index contributed by atoms with van der Waals surface area (Å²) in [5, 5.41) is 0. The predicted octanol–water partition coefficient (Wildman–Crippen LogP) is 0.715. The van der Waals surface area contributed by atoms with E-state index in [1.807, 2.05) is 24.7 Å². The monoisotopic (exact) mass is 197 g/mol. The predicted molar refractivity (Wildman–Crippen MR) is 56.0 cm³/mol. The molecule has 0 amide bonds. The standard InChI is InChI=1S/C10H19N3O/c1-8(14-3)9(11)4-5-10-12-6-7-13(10)2/h6-9H,4-5,11H2,1-3H3. The molecule has 80 valence electrons. The van der Waals surface area contributed by atoms with E-state index in [-0.39, 0.29) is 12.1 Å². The summed E-state index contributed by atoms with van der Waals surface area (Å²) in [7, 11) is 3.68. The molecule has 14 heavy (non-hydrogen) atoms. The summed E-state index contributed by atoms with van der Waals surface area (Å²) < 4.78 is 7.18. The number of nitrogens with zero attached hydrogens (tertiary/aromatic N) is 2. The van der Waals surface area contributed by atoms with Crippen molar-refractivity contribution in [1.82, 2.24) is 9.55 Å². The summed E-state index contributed by atoms with van der Waals surface area (Å²) in [6, 6.07) is 0.0803. The summed E-state index contributed by atoms with van der Waals surface area (Å²) in [5.41, 5.74) is 5.93. The first-order valence-corrected chi connectivity index (χ1v) is 4.89. The van der Waals surface area contributed by atoms with Crippen molar-refractivity contribution in [2.45, 2.75) is 31.9 Å². The Kier molecular flexibility index (Phi) is 4.10. The van der Waals surface area contributed by atoms with Crippen molar-refractivity contribution in [3.63, 3.8) is 0 Å². The molecule has 0 bridgehead atoms. The highest BCUT2D eigenvalue weighted by atomic mass is 16.5. The molecule has 0 saturated carbocycles. The zero-order valence-electron chi connectivity index (χ0n) is 9.10. The van der Waals surface area contributed by atoms with Crippen LogP contribution in [-0.4, -0.2) is 28.8 Å². The summed E-state index contributed by atoms with van der Waals surface area (Å²) in [5.74, 6) is 1.07. The molecule has 2 unspecified atom stereocenters. The molecule has 0 aliphatic carbocycles. The second-order valence-electron chi connectivity index (χ2n) is 3.60. The first-order chi connectivity index (χ1) is 6.65. The highest BCUT2D eigenvalue weighted by molar-refractivity contribution is 4.92. The Labute approximate surface area is 85.1 Å². The number of aromatic nitrogens is 2. The fraction of sp³-hybridized carbons (Fsp3) is 0.700. The molecule has 0 aromatic carbocycles. The Hall–Kier alpha value is -0.870. The number of aryl methyl sites for hydroxylation is 2. The van der Waals surface area contributed by atoms with Crippen molar-refractivity contribution in [3.05, 3.63) is 18.2 Å². The van der Waals surface area contributed by atoms with E-state index < -0.39 is 0 Å². The minimum atomic E-state index is 0.0803. The van der Waals surface area contributed by atoms with Crippen LogP contribution in [0.15, 0.2) is 12.4 Å². The van der Waals surface area contributed by atoms with Gasteiger partial charge in [0.2, 0.25) is 0 Å². The van der Waals surface area contributed by atoms with Gasteiger partial charge in [0.25, 0.3) is 0 Å². The number of hydrogen-bond donors (Lipinski definition) is 1. The van der Waals surface area contributed by atoms with Gasteiger partial charge in [-0.15, -0.1) is 0 Å². The van der Waals surface area contributed by atoms with Crippen molar-refractivity contribution in [3.8, 4) is 0 Å². The van der Waals surface area contributed by atoms with Crippen molar-refractivity contribution in [2.75, 3.05) is 7.11 Å². The van der Waals surface area contributed by atoms with Crippen LogP contribution in [-0.2, 0) is 18.2 Å². The third-order valence-corrected chi connectivity index (χ3v) is 2.60. The highest BCUT2D eigenvalue weighted by Gasteiger charge is 2.12. The molecule has 1 rings (SSSR count). The molecule has 4 nitrogen and oxygen atoms in total. The van der Waals surface area contributed by atoms with Crippen molar-refractivity contribution in [1.29, 1.82) is 0 Å². The topological polar surface area (TPSA) is 53.1 Å². The van der Waals surface area contributed by atoms with E-state index in [9.17, 15) is 0 Å². The number of rotatable bonds is 5. The lowest BCUT2D eigenvalue weighted by molar-refractivity contribution is 0.0928. The van der Waals surface area contributed by atoms with Gasteiger partial charge in [-0.05, 0) is 13.3 Å². The molecule has 0 saturated heterocycles. The maximum atomic E-state index is 5.93. The Morgan fingerprint density at radius 2 is 2.36 bits per heavy atom. The molecule has 2 N–H and O–H groups in total. The summed E-state index contributed by atoms with van der Waals surface area (Å²) in [6.07, 6.45) is 5.66. The van der Waals surface area contributed by atoms with E-state index in [4.69, 9.17) is 10.5 Å². The molecule has 0 spiro atoms. The third kappa shape index (κ3) is 2.82. The van der Waals surface area contributed by atoms with Crippen LogP contribution in [0, 0.1) is 0 Å². The van der Waals surface area contributed by atoms with Gasteiger partial charge in [-0.25, -0.2) is 4.98 Å². The van der Waals surface area contributed by atoms with Gasteiger partial charge in [-0.1, -0.05) is 0 Å². The largest absolute Gasteiger partial charge is 0.380 e. The Balaban J connectivity index is 2.37. The Bertz CT molecular complexity index is 272. The van der Waals surface area contributed by atoms with Gasteiger partial charge >= 0.3 is 0 Å². The van der Waals surface area contributed by atoms with Crippen LogP contribution < -0.4 is 5.73 Å². The molecule has 1 aromatic rings. The van der Waals surface area contributed by atoms with Crippen LogP contribution in [0.25, 0.3) is 0 Å². The van der Waals surface area contributed by atoms with Gasteiger partial charge in [0.05, 0.1) is 6.10 Å². The summed E-state index contributed by atoms with van der Waals surface area (Å²) in [4.78, 5) is 4.24. The van der Waals surface area contributed by atoms with Crippen molar-refractivity contribution < 1.29 is 4.74 Å². The normalized spacial score (nSPS) is 15.4. The maximum Gasteiger partial charge on any atom is 0.108 e. The fourth-order valence-corrected chi connectivity index (χ4v) is 1.34. The summed E-state index contributed by atoms with van der Waals surface area (Å²) >= 11 is 0. The number of ether oxygens (including phenoxy) is 1. The Morgan fingerprint density at radius 3 is 2.86 bits per heavy atom. The zero-order valence-corrected chi connectivity index (χ0v) is 9.10. The average molecular weight is 197 g/mol. The number of imidazole rings is 1. The molecule has 0 aliphatic rings. The second-order valence-corrected chi connectivity index (χ2v) is 3.60. The number of nitrogens with two attached hydrogens (primary N) is 1. The lowest BCUT2D eigenvalue weighted by atomic mass is 10.1. The van der Waals surface area contributed by atoms with Gasteiger partial charge in [-0.2, -0.15) is 0 Å². The van der Waals surface area contributed by atoms with Gasteiger partial charge in [0, 0.05) is 39.0 Å². The van der Waals surface area contributed by atoms with Gasteiger partial charge in [0.1, 0.15) is 5.82 Å². The molecular formula is C10H19N3O. The Morgan fingerprint density at radius 1 is 1.64 bits per heavy atom. The van der Waals surface area contributed by atoms with E-state index in [1.54, 1.807) is 13.3 Å². The second kappa shape index (κ2) is 5.12. The first kappa shape index (κ1) is 11.2. The van der Waals surface area contributed by atoms with Crippen LogP contribution in [0.5, 0.6) is 0 Å². The lowest BCUT2D eigenvalue weighted by Crippen LogP contribution is -2.34. The molecule has 2 atom stereocenters. The van der Waals surface area contributed by atoms with E-state index in [2.05, 4.69) is 4.98 Å². The smallest absolute Gasteiger partial charge is 0.108 e. The molecule has 4 heteroatoms. The highest BCUT2D eigenvalue weighted by Crippen LogP contribution is 2.05. The molecule has 0 fully saturated rings. The van der Waals surface area contributed by atoms with E-state index >= 15 is 0 Å². The lowest BCUT2D eigenvalue weighted by Gasteiger charge is -2.17. The average Bonchev–Trinajstić information content (AvgIpc) is 2.59. The molecule has 1 aromatic heterocycles. The SMILES string of the molecule is COC(C)C(N)CCc1nccn1C. The van der Waals surface area contributed by atoms with E-state index in [0.717, 1.165) is 18.7 Å². The fourth-order valence-electron chi connectivity index (χ4n) is 1.34. The molecule has 0 aliphatic heterocycles. The van der Waals surface area contributed by atoms with Gasteiger partial charge < -0.3 is 15.0 Å².